The number of nitrogens with zero attached hydrogens (tertiary/aromatic N) is 4. The number of nitrogens with one attached hydrogen (secondary N) is 1. The molecule has 1 aliphatic rings. The van der Waals surface area contributed by atoms with E-state index in [0.29, 0.717) is 23.8 Å². The Hall–Kier alpha value is -2.17. The summed E-state index contributed by atoms with van der Waals surface area (Å²) < 4.78 is 12.9. The smallest absolute Gasteiger partial charge is 0.226 e. The summed E-state index contributed by atoms with van der Waals surface area (Å²) in [5.41, 5.74) is 0. The van der Waals surface area contributed by atoms with Crippen LogP contribution in [0.1, 0.15) is 25.0 Å². The third-order valence-electron chi connectivity index (χ3n) is 4.32. The Morgan fingerprint density at radius 3 is 3.11 bits per heavy atom. The Labute approximate surface area is 170 Å². The first-order valence-corrected chi connectivity index (χ1v) is 11.0. The van der Waals surface area contributed by atoms with Crippen molar-refractivity contribution in [2.75, 3.05) is 17.7 Å². The maximum Gasteiger partial charge on any atom is 0.226 e. The van der Waals surface area contributed by atoms with Crippen LogP contribution in [0.3, 0.4) is 0 Å². The minimum atomic E-state index is -0.107. The van der Waals surface area contributed by atoms with E-state index in [4.69, 9.17) is 9.26 Å². The molecule has 4 heterocycles. The molecule has 3 aromatic heterocycles. The van der Waals surface area contributed by atoms with Gasteiger partial charge < -0.3 is 14.6 Å². The van der Waals surface area contributed by atoms with E-state index in [0.717, 1.165) is 41.9 Å². The highest BCUT2D eigenvalue weighted by Crippen LogP contribution is 2.29. The van der Waals surface area contributed by atoms with Gasteiger partial charge in [-0.2, -0.15) is 0 Å². The van der Waals surface area contributed by atoms with E-state index in [1.807, 2.05) is 17.5 Å². The van der Waals surface area contributed by atoms with Crippen molar-refractivity contribution in [2.24, 2.45) is 0 Å². The molecule has 4 rings (SSSR count). The normalized spacial score (nSPS) is 16.5. The first-order valence-electron chi connectivity index (χ1n) is 9.13. The molecular weight excluding hydrogens is 398 g/mol. The van der Waals surface area contributed by atoms with Crippen molar-refractivity contribution in [3.05, 3.63) is 29.3 Å². The van der Waals surface area contributed by atoms with Gasteiger partial charge in [-0.05, 0) is 31.2 Å². The molecule has 28 heavy (non-hydrogen) atoms. The van der Waals surface area contributed by atoms with Gasteiger partial charge in [0.25, 0.3) is 0 Å². The van der Waals surface area contributed by atoms with Crippen LogP contribution in [-0.4, -0.2) is 44.3 Å². The van der Waals surface area contributed by atoms with Crippen molar-refractivity contribution in [1.82, 2.24) is 19.9 Å². The number of carbonyl (C=O) groups is 1. The summed E-state index contributed by atoms with van der Waals surface area (Å²) in [6, 6.07) is 5.74. The molecule has 0 bridgehead atoms. The Morgan fingerprint density at radius 1 is 1.46 bits per heavy atom. The fourth-order valence-electron chi connectivity index (χ4n) is 3.01. The van der Waals surface area contributed by atoms with Crippen LogP contribution >= 0.6 is 23.1 Å². The van der Waals surface area contributed by atoms with Crippen molar-refractivity contribution >= 4 is 34.8 Å². The van der Waals surface area contributed by atoms with Gasteiger partial charge in [0.15, 0.2) is 16.8 Å². The number of hydrogen-bond donors (Lipinski definition) is 1. The number of thiophene rings is 1. The summed E-state index contributed by atoms with van der Waals surface area (Å²) in [5, 5.41) is 18.1. The summed E-state index contributed by atoms with van der Waals surface area (Å²) in [6.07, 6.45) is 2.67. The van der Waals surface area contributed by atoms with Crippen LogP contribution in [0.5, 0.6) is 0 Å². The van der Waals surface area contributed by atoms with Crippen LogP contribution in [0.25, 0.3) is 10.7 Å². The number of thioether (sulfide) groups is 1. The molecular formula is C18H21N5O3S2. The fourth-order valence-corrected chi connectivity index (χ4v) is 4.61. The van der Waals surface area contributed by atoms with Crippen LogP contribution in [0.15, 0.2) is 33.3 Å². The third-order valence-corrected chi connectivity index (χ3v) is 6.16. The van der Waals surface area contributed by atoms with E-state index in [9.17, 15) is 4.79 Å². The summed E-state index contributed by atoms with van der Waals surface area (Å²) >= 11 is 3.17. The van der Waals surface area contributed by atoms with Gasteiger partial charge in [0, 0.05) is 24.8 Å². The maximum absolute atomic E-state index is 12.1. The van der Waals surface area contributed by atoms with Crippen molar-refractivity contribution in [1.29, 1.82) is 0 Å². The predicted octanol–water partition coefficient (Wildman–Crippen LogP) is 3.60. The molecule has 1 saturated heterocycles. The third kappa shape index (κ3) is 4.62. The first kappa shape index (κ1) is 19.2. The van der Waals surface area contributed by atoms with Crippen LogP contribution in [-0.2, 0) is 16.1 Å². The van der Waals surface area contributed by atoms with Crippen LogP contribution in [0, 0.1) is 6.92 Å². The number of aromatic nitrogens is 4. The number of anilines is 1. The molecule has 0 radical (unpaired) electrons. The zero-order valence-corrected chi connectivity index (χ0v) is 17.1. The standard InChI is InChI=1S/C18H21N5O3S2/c1-12-10-15(22-26-12)19-16(24)6-9-28-18-21-20-17(14-5-3-8-27-14)23(18)11-13-4-2-7-25-13/h3,5,8,10,13H,2,4,6-7,9,11H2,1H3,(H,19,22,24). The topological polar surface area (TPSA) is 95.1 Å². The molecule has 0 aliphatic carbocycles. The summed E-state index contributed by atoms with van der Waals surface area (Å²) in [5.74, 6) is 2.44. The number of amides is 1. The lowest BCUT2D eigenvalue weighted by atomic mass is 10.2. The average molecular weight is 420 g/mol. The molecule has 1 N–H and O–H groups in total. The van der Waals surface area contributed by atoms with E-state index < -0.39 is 0 Å². The maximum atomic E-state index is 12.1. The zero-order valence-electron chi connectivity index (χ0n) is 15.5. The van der Waals surface area contributed by atoms with Gasteiger partial charge >= 0.3 is 0 Å². The second-order valence-corrected chi connectivity index (χ2v) is 8.51. The van der Waals surface area contributed by atoms with Gasteiger partial charge in [-0.15, -0.1) is 21.5 Å². The minimum absolute atomic E-state index is 0.107. The lowest BCUT2D eigenvalue weighted by molar-refractivity contribution is -0.115. The lowest BCUT2D eigenvalue weighted by Gasteiger charge is -2.14. The van der Waals surface area contributed by atoms with Gasteiger partial charge in [-0.25, -0.2) is 0 Å². The SMILES string of the molecule is Cc1cc(NC(=O)CCSc2nnc(-c3cccs3)n2CC2CCCO2)no1. The number of ether oxygens (including phenoxy) is 1. The quantitative estimate of drug-likeness (QED) is 0.557. The zero-order chi connectivity index (χ0) is 19.3. The van der Waals surface area contributed by atoms with Crippen molar-refractivity contribution in [3.8, 4) is 10.7 Å². The number of hydrogen-bond acceptors (Lipinski definition) is 8. The fraction of sp³-hybridized carbons (Fsp3) is 0.444. The Balaban J connectivity index is 1.39. The number of rotatable bonds is 8. The second kappa shape index (κ2) is 8.89. The van der Waals surface area contributed by atoms with Crippen LogP contribution in [0.4, 0.5) is 5.82 Å². The molecule has 3 aromatic rings. The molecule has 0 saturated carbocycles. The van der Waals surface area contributed by atoms with Crippen molar-refractivity contribution in [3.63, 3.8) is 0 Å². The van der Waals surface area contributed by atoms with E-state index in [-0.39, 0.29) is 12.0 Å². The van der Waals surface area contributed by atoms with E-state index in [1.165, 1.54) is 11.8 Å². The highest BCUT2D eigenvalue weighted by molar-refractivity contribution is 7.99. The summed E-state index contributed by atoms with van der Waals surface area (Å²) in [6.45, 7) is 3.32. The van der Waals surface area contributed by atoms with Crippen LogP contribution in [0.2, 0.25) is 0 Å². The average Bonchev–Trinajstić information content (AvgIpc) is 3.45. The van der Waals surface area contributed by atoms with Crippen LogP contribution < -0.4 is 5.32 Å². The minimum Gasteiger partial charge on any atom is -0.376 e. The van der Waals surface area contributed by atoms with Gasteiger partial charge in [0.2, 0.25) is 5.91 Å². The van der Waals surface area contributed by atoms with E-state index >= 15 is 0 Å². The predicted molar refractivity (Wildman–Crippen MR) is 108 cm³/mol. The second-order valence-electron chi connectivity index (χ2n) is 6.50. The summed E-state index contributed by atoms with van der Waals surface area (Å²) in [4.78, 5) is 13.2. The molecule has 1 fully saturated rings. The molecule has 1 amide bonds. The Kier molecular flexibility index (Phi) is 6.08. The molecule has 1 unspecified atom stereocenters. The van der Waals surface area contributed by atoms with E-state index in [2.05, 4.69) is 25.2 Å². The number of carbonyl (C=O) groups excluding carboxylic acids is 1. The molecule has 1 aliphatic heterocycles. The number of aryl methyl sites for hydroxylation is 1. The largest absolute Gasteiger partial charge is 0.376 e. The lowest BCUT2D eigenvalue weighted by Crippen LogP contribution is -2.17. The van der Waals surface area contributed by atoms with E-state index in [1.54, 1.807) is 24.3 Å². The molecule has 10 heteroatoms. The van der Waals surface area contributed by atoms with Gasteiger partial charge in [0.05, 0.1) is 17.5 Å². The molecule has 148 valence electrons. The van der Waals surface area contributed by atoms with Gasteiger partial charge in [0.1, 0.15) is 5.76 Å². The monoisotopic (exact) mass is 419 g/mol. The highest BCUT2D eigenvalue weighted by atomic mass is 32.2. The molecule has 0 spiro atoms. The van der Waals surface area contributed by atoms with Gasteiger partial charge in [-0.1, -0.05) is 23.0 Å². The van der Waals surface area contributed by atoms with Gasteiger partial charge in [-0.3, -0.25) is 9.36 Å². The Morgan fingerprint density at radius 2 is 2.39 bits per heavy atom. The Bertz CT molecular complexity index is 916. The van der Waals surface area contributed by atoms with Crippen molar-refractivity contribution in [2.45, 2.75) is 44.0 Å². The molecule has 8 nitrogen and oxygen atoms in total. The van der Waals surface area contributed by atoms with Crippen molar-refractivity contribution < 1.29 is 14.1 Å². The summed E-state index contributed by atoms with van der Waals surface area (Å²) in [7, 11) is 0. The molecule has 1 atom stereocenters. The molecule has 0 aromatic carbocycles. The first-order chi connectivity index (χ1) is 13.7. The highest BCUT2D eigenvalue weighted by Gasteiger charge is 2.22.